The highest BCUT2D eigenvalue weighted by Gasteiger charge is 2.20. The van der Waals surface area contributed by atoms with Crippen molar-refractivity contribution in [3.63, 3.8) is 0 Å². The minimum absolute atomic E-state index is 0.423. The van der Waals surface area contributed by atoms with Gasteiger partial charge in [0.25, 0.3) is 0 Å². The van der Waals surface area contributed by atoms with Crippen molar-refractivity contribution in [2.75, 3.05) is 0 Å². The first-order valence-electron chi connectivity index (χ1n) is 7.39. The van der Waals surface area contributed by atoms with Gasteiger partial charge in [-0.25, -0.2) is 9.67 Å². The van der Waals surface area contributed by atoms with Gasteiger partial charge in [0.1, 0.15) is 23.0 Å². The van der Waals surface area contributed by atoms with Gasteiger partial charge in [-0.3, -0.25) is 0 Å². The third-order valence-corrected chi connectivity index (χ3v) is 4.01. The van der Waals surface area contributed by atoms with Gasteiger partial charge in [-0.05, 0) is 25.5 Å². The highest BCUT2D eigenvalue weighted by atomic mass is 16.3. The number of nitrogens with zero attached hydrogens (tertiary/aromatic N) is 3. The molecule has 1 aliphatic rings. The van der Waals surface area contributed by atoms with E-state index < -0.39 is 0 Å². The standard InChI is InChI=1S/C16H18N4O/c1-11-18-16-7-6-13(10-20(16)19-11)17-9-14-8-12-4-2-3-5-15(12)21-14/h2-5,8,13,17H,6-7,9-10H2,1H3. The normalized spacial score (nSPS) is 18.0. The molecule has 108 valence electrons. The molecule has 0 aliphatic carbocycles. The Morgan fingerprint density at radius 2 is 2.29 bits per heavy atom. The largest absolute Gasteiger partial charge is 0.460 e. The first-order valence-corrected chi connectivity index (χ1v) is 7.39. The molecule has 5 nitrogen and oxygen atoms in total. The third-order valence-electron chi connectivity index (χ3n) is 4.01. The molecule has 1 aromatic carbocycles. The average molecular weight is 282 g/mol. The number of aryl methyl sites for hydroxylation is 2. The van der Waals surface area contributed by atoms with E-state index in [4.69, 9.17) is 4.42 Å². The molecule has 0 fully saturated rings. The molecule has 1 atom stereocenters. The second kappa shape index (κ2) is 5.00. The van der Waals surface area contributed by atoms with Crippen molar-refractivity contribution >= 4 is 11.0 Å². The second-order valence-corrected chi connectivity index (χ2v) is 5.62. The van der Waals surface area contributed by atoms with Gasteiger partial charge < -0.3 is 9.73 Å². The van der Waals surface area contributed by atoms with E-state index in [1.165, 1.54) is 0 Å². The number of nitrogens with one attached hydrogen (secondary N) is 1. The smallest absolute Gasteiger partial charge is 0.147 e. The zero-order valence-electron chi connectivity index (χ0n) is 12.0. The van der Waals surface area contributed by atoms with Crippen LogP contribution in [0, 0.1) is 6.92 Å². The summed E-state index contributed by atoms with van der Waals surface area (Å²) in [5, 5.41) is 9.16. The number of benzene rings is 1. The molecule has 3 heterocycles. The molecule has 21 heavy (non-hydrogen) atoms. The number of fused-ring (bicyclic) bond motifs is 2. The van der Waals surface area contributed by atoms with Crippen LogP contribution in [0.4, 0.5) is 0 Å². The Kier molecular flexibility index (Phi) is 3.00. The number of hydrogen-bond acceptors (Lipinski definition) is 4. The molecule has 0 amide bonds. The van der Waals surface area contributed by atoms with E-state index in [1.807, 2.05) is 29.8 Å². The lowest BCUT2D eigenvalue weighted by Crippen LogP contribution is -2.37. The molecule has 3 aromatic rings. The van der Waals surface area contributed by atoms with Crippen molar-refractivity contribution in [2.24, 2.45) is 0 Å². The van der Waals surface area contributed by atoms with Crippen molar-refractivity contribution in [1.29, 1.82) is 0 Å². The number of rotatable bonds is 3. The predicted octanol–water partition coefficient (Wildman–Crippen LogP) is 2.44. The lowest BCUT2D eigenvalue weighted by molar-refractivity contribution is 0.347. The Bertz CT molecular complexity index is 741. The molecular formula is C16H18N4O. The summed E-state index contributed by atoms with van der Waals surface area (Å²) in [4.78, 5) is 4.44. The molecule has 1 N–H and O–H groups in total. The predicted molar refractivity (Wildman–Crippen MR) is 79.9 cm³/mol. The summed E-state index contributed by atoms with van der Waals surface area (Å²) in [6.45, 7) is 3.58. The summed E-state index contributed by atoms with van der Waals surface area (Å²) >= 11 is 0. The topological polar surface area (TPSA) is 55.9 Å². The highest BCUT2D eigenvalue weighted by molar-refractivity contribution is 5.77. The SMILES string of the molecule is Cc1nc2n(n1)CC(NCc1cc3ccccc3o1)CC2. The van der Waals surface area contributed by atoms with Crippen molar-refractivity contribution in [3.8, 4) is 0 Å². The molecule has 4 rings (SSSR count). The maximum Gasteiger partial charge on any atom is 0.147 e. The number of para-hydroxylation sites is 1. The average Bonchev–Trinajstić information content (AvgIpc) is 3.06. The highest BCUT2D eigenvalue weighted by Crippen LogP contribution is 2.19. The maximum absolute atomic E-state index is 5.84. The quantitative estimate of drug-likeness (QED) is 0.801. The van der Waals surface area contributed by atoms with Crippen LogP contribution in [-0.4, -0.2) is 20.8 Å². The fourth-order valence-corrected chi connectivity index (χ4v) is 2.97. The van der Waals surface area contributed by atoms with Crippen LogP contribution in [0.15, 0.2) is 34.7 Å². The van der Waals surface area contributed by atoms with Crippen LogP contribution in [0.5, 0.6) is 0 Å². The monoisotopic (exact) mass is 282 g/mol. The molecular weight excluding hydrogens is 264 g/mol. The fraction of sp³-hybridized carbons (Fsp3) is 0.375. The van der Waals surface area contributed by atoms with Gasteiger partial charge in [0, 0.05) is 17.8 Å². The van der Waals surface area contributed by atoms with Gasteiger partial charge in [-0.1, -0.05) is 18.2 Å². The molecule has 2 aromatic heterocycles. The minimum Gasteiger partial charge on any atom is -0.460 e. The zero-order valence-corrected chi connectivity index (χ0v) is 12.0. The van der Waals surface area contributed by atoms with E-state index in [2.05, 4.69) is 27.5 Å². The van der Waals surface area contributed by atoms with Gasteiger partial charge in [0.2, 0.25) is 0 Å². The van der Waals surface area contributed by atoms with Gasteiger partial charge in [0.15, 0.2) is 0 Å². The summed E-state index contributed by atoms with van der Waals surface area (Å²) in [5.74, 6) is 2.95. The van der Waals surface area contributed by atoms with Crippen LogP contribution < -0.4 is 5.32 Å². The summed E-state index contributed by atoms with van der Waals surface area (Å²) in [6, 6.07) is 10.6. The number of aromatic nitrogens is 3. The molecule has 0 saturated heterocycles. The summed E-state index contributed by atoms with van der Waals surface area (Å²) in [7, 11) is 0. The van der Waals surface area contributed by atoms with Crippen molar-refractivity contribution in [3.05, 3.63) is 47.7 Å². The van der Waals surface area contributed by atoms with Crippen LogP contribution in [-0.2, 0) is 19.5 Å². The Morgan fingerprint density at radius 3 is 3.19 bits per heavy atom. The Hall–Kier alpha value is -2.14. The Balaban J connectivity index is 1.43. The summed E-state index contributed by atoms with van der Waals surface area (Å²) in [6.07, 6.45) is 2.08. The van der Waals surface area contributed by atoms with E-state index >= 15 is 0 Å². The van der Waals surface area contributed by atoms with Gasteiger partial charge in [0.05, 0.1) is 13.1 Å². The molecule has 5 heteroatoms. The third kappa shape index (κ3) is 2.45. The van der Waals surface area contributed by atoms with Crippen LogP contribution in [0.25, 0.3) is 11.0 Å². The molecule has 0 radical (unpaired) electrons. The zero-order chi connectivity index (χ0) is 14.2. The Morgan fingerprint density at radius 1 is 1.38 bits per heavy atom. The van der Waals surface area contributed by atoms with Crippen LogP contribution >= 0.6 is 0 Å². The van der Waals surface area contributed by atoms with Crippen LogP contribution in [0.2, 0.25) is 0 Å². The van der Waals surface area contributed by atoms with Crippen molar-refractivity contribution in [1.82, 2.24) is 20.1 Å². The summed E-state index contributed by atoms with van der Waals surface area (Å²) < 4.78 is 7.86. The fourth-order valence-electron chi connectivity index (χ4n) is 2.97. The van der Waals surface area contributed by atoms with E-state index in [0.29, 0.717) is 6.04 Å². The Labute approximate surface area is 123 Å². The first kappa shape index (κ1) is 12.6. The van der Waals surface area contributed by atoms with Crippen LogP contribution in [0.1, 0.15) is 23.8 Å². The van der Waals surface area contributed by atoms with Crippen molar-refractivity contribution < 1.29 is 4.42 Å². The van der Waals surface area contributed by atoms with Gasteiger partial charge >= 0.3 is 0 Å². The van der Waals surface area contributed by atoms with E-state index in [0.717, 1.165) is 54.3 Å². The minimum atomic E-state index is 0.423. The van der Waals surface area contributed by atoms with E-state index in [-0.39, 0.29) is 0 Å². The molecule has 0 saturated carbocycles. The lowest BCUT2D eigenvalue weighted by Gasteiger charge is -2.23. The molecule has 0 spiro atoms. The van der Waals surface area contributed by atoms with E-state index in [1.54, 1.807) is 0 Å². The van der Waals surface area contributed by atoms with Crippen molar-refractivity contribution in [2.45, 2.75) is 38.9 Å². The first-order chi connectivity index (χ1) is 10.3. The second-order valence-electron chi connectivity index (χ2n) is 5.62. The van der Waals surface area contributed by atoms with Gasteiger partial charge in [-0.2, -0.15) is 5.10 Å². The number of furan rings is 1. The van der Waals surface area contributed by atoms with Gasteiger partial charge in [-0.15, -0.1) is 0 Å². The van der Waals surface area contributed by atoms with Crippen LogP contribution in [0.3, 0.4) is 0 Å². The molecule has 0 bridgehead atoms. The molecule has 1 aliphatic heterocycles. The number of hydrogen-bond donors (Lipinski definition) is 1. The van der Waals surface area contributed by atoms with E-state index in [9.17, 15) is 0 Å². The maximum atomic E-state index is 5.84. The molecule has 1 unspecified atom stereocenters. The summed E-state index contributed by atoms with van der Waals surface area (Å²) in [5.41, 5.74) is 0.951. The lowest BCUT2D eigenvalue weighted by atomic mass is 10.1.